The zero-order chi connectivity index (χ0) is 12.4. The summed E-state index contributed by atoms with van der Waals surface area (Å²) < 4.78 is 1.03. The fraction of sp³-hybridized carbons (Fsp3) is 0.333. The number of rotatable bonds is 3. The summed E-state index contributed by atoms with van der Waals surface area (Å²) in [5.74, 6) is -1.96. The minimum absolute atomic E-state index is 0.189. The number of carbonyl (C=O) groups excluding carboxylic acids is 1. The summed E-state index contributed by atoms with van der Waals surface area (Å²) in [4.78, 5) is 22.7. The van der Waals surface area contributed by atoms with Gasteiger partial charge in [-0.25, -0.2) is 0 Å². The maximum Gasteiger partial charge on any atom is 0.307 e. The normalized spacial score (nSPS) is 22.6. The molecule has 0 heterocycles. The van der Waals surface area contributed by atoms with Gasteiger partial charge >= 0.3 is 5.97 Å². The Balaban J connectivity index is 2.00. The van der Waals surface area contributed by atoms with Crippen LogP contribution < -0.4 is 5.32 Å². The molecule has 0 saturated heterocycles. The van der Waals surface area contributed by atoms with E-state index in [1.165, 1.54) is 0 Å². The summed E-state index contributed by atoms with van der Waals surface area (Å²) in [5, 5.41) is 11.6. The Kier molecular flexibility index (Phi) is 3.66. The van der Waals surface area contributed by atoms with Gasteiger partial charge in [-0.05, 0) is 53.6 Å². The summed E-state index contributed by atoms with van der Waals surface area (Å²) in [6.45, 7) is 0. The van der Waals surface area contributed by atoms with Crippen LogP contribution in [0.5, 0.6) is 0 Å². The molecule has 2 atom stereocenters. The second-order valence-corrected chi connectivity index (χ2v) is 5.37. The number of aliphatic carboxylic acids is 1. The molecule has 5 heteroatoms. The van der Waals surface area contributed by atoms with Gasteiger partial charge in [0.1, 0.15) is 0 Å². The van der Waals surface area contributed by atoms with E-state index < -0.39 is 11.9 Å². The first-order valence-electron chi connectivity index (χ1n) is 5.37. The number of halogens is 1. The van der Waals surface area contributed by atoms with Crippen molar-refractivity contribution in [1.82, 2.24) is 0 Å². The highest BCUT2D eigenvalue weighted by Gasteiger charge is 2.41. The Bertz CT molecular complexity index is 461. The van der Waals surface area contributed by atoms with E-state index in [9.17, 15) is 9.59 Å². The first kappa shape index (κ1) is 12.3. The molecule has 0 bridgehead atoms. The highest BCUT2D eigenvalue weighted by Crippen LogP contribution is 2.35. The van der Waals surface area contributed by atoms with Gasteiger partial charge < -0.3 is 10.4 Å². The van der Waals surface area contributed by atoms with Crippen molar-refractivity contribution >= 4 is 40.2 Å². The van der Waals surface area contributed by atoms with Gasteiger partial charge in [-0.2, -0.15) is 0 Å². The van der Waals surface area contributed by atoms with Gasteiger partial charge in [0.05, 0.1) is 11.8 Å². The van der Waals surface area contributed by atoms with Crippen molar-refractivity contribution in [3.8, 4) is 0 Å². The minimum Gasteiger partial charge on any atom is -0.481 e. The molecule has 1 aromatic carbocycles. The lowest BCUT2D eigenvalue weighted by atomic mass is 9.73. The van der Waals surface area contributed by atoms with Crippen molar-refractivity contribution in [2.45, 2.75) is 12.8 Å². The van der Waals surface area contributed by atoms with E-state index in [2.05, 4.69) is 27.9 Å². The number of anilines is 1. The highest BCUT2D eigenvalue weighted by atomic mass is 127. The number of carbonyl (C=O) groups is 2. The van der Waals surface area contributed by atoms with E-state index in [0.717, 1.165) is 9.26 Å². The average molecular weight is 345 g/mol. The zero-order valence-electron chi connectivity index (χ0n) is 9.02. The van der Waals surface area contributed by atoms with Crippen molar-refractivity contribution in [3.05, 3.63) is 27.8 Å². The van der Waals surface area contributed by atoms with Gasteiger partial charge in [0.2, 0.25) is 5.91 Å². The molecule has 1 aliphatic rings. The van der Waals surface area contributed by atoms with Crippen LogP contribution in [0.15, 0.2) is 24.3 Å². The second kappa shape index (κ2) is 5.03. The van der Waals surface area contributed by atoms with Crippen LogP contribution >= 0.6 is 22.6 Å². The molecule has 1 fully saturated rings. The number of hydrogen-bond acceptors (Lipinski definition) is 2. The van der Waals surface area contributed by atoms with Crippen LogP contribution in [0.2, 0.25) is 0 Å². The van der Waals surface area contributed by atoms with Crippen molar-refractivity contribution in [2.24, 2.45) is 11.8 Å². The quantitative estimate of drug-likeness (QED) is 0.827. The van der Waals surface area contributed by atoms with E-state index in [-0.39, 0.29) is 11.8 Å². The summed E-state index contributed by atoms with van der Waals surface area (Å²) >= 11 is 2.16. The van der Waals surface area contributed by atoms with E-state index >= 15 is 0 Å². The van der Waals surface area contributed by atoms with Crippen LogP contribution in [0.4, 0.5) is 5.69 Å². The largest absolute Gasteiger partial charge is 0.481 e. The summed E-state index contributed by atoms with van der Waals surface area (Å²) in [5.41, 5.74) is 0.720. The molecule has 90 valence electrons. The molecule has 0 radical (unpaired) electrons. The topological polar surface area (TPSA) is 66.4 Å². The van der Waals surface area contributed by atoms with Gasteiger partial charge in [0, 0.05) is 9.26 Å². The van der Waals surface area contributed by atoms with Gasteiger partial charge in [0.15, 0.2) is 0 Å². The number of hydrogen-bond donors (Lipinski definition) is 2. The number of carboxylic acid groups (broad SMARTS) is 1. The summed E-state index contributed by atoms with van der Waals surface area (Å²) in [6.07, 6.45) is 1.26. The molecule has 1 aromatic rings. The fourth-order valence-electron chi connectivity index (χ4n) is 1.91. The Morgan fingerprint density at radius 1 is 1.29 bits per heavy atom. The molecule has 0 aliphatic heterocycles. The molecule has 1 saturated carbocycles. The van der Waals surface area contributed by atoms with Gasteiger partial charge in [0.25, 0.3) is 0 Å². The first-order valence-corrected chi connectivity index (χ1v) is 6.45. The second-order valence-electron chi connectivity index (χ2n) is 4.13. The number of amides is 1. The maximum absolute atomic E-state index is 11.8. The van der Waals surface area contributed by atoms with Crippen LogP contribution in [0, 0.1) is 15.4 Å². The van der Waals surface area contributed by atoms with E-state index in [0.29, 0.717) is 12.8 Å². The summed E-state index contributed by atoms with van der Waals surface area (Å²) in [6, 6.07) is 7.44. The number of benzene rings is 1. The smallest absolute Gasteiger partial charge is 0.307 e. The lowest BCUT2D eigenvalue weighted by Crippen LogP contribution is -2.41. The molecule has 0 spiro atoms. The molecule has 4 nitrogen and oxygen atoms in total. The van der Waals surface area contributed by atoms with Crippen molar-refractivity contribution in [1.29, 1.82) is 0 Å². The molecular weight excluding hydrogens is 333 g/mol. The number of nitrogens with one attached hydrogen (secondary N) is 1. The molecule has 17 heavy (non-hydrogen) atoms. The molecule has 1 aliphatic carbocycles. The third-order valence-corrected chi connectivity index (χ3v) is 3.69. The standard InChI is InChI=1S/C12H12INO3/c13-7-2-1-3-8(6-7)14-11(15)9-4-5-10(9)12(16)17/h1-3,6,9-10H,4-5H2,(H,14,15)(H,16,17). The predicted molar refractivity (Wildman–Crippen MR) is 71.6 cm³/mol. The maximum atomic E-state index is 11.8. The van der Waals surface area contributed by atoms with E-state index in [1.807, 2.05) is 18.2 Å². The Morgan fingerprint density at radius 3 is 2.53 bits per heavy atom. The molecular formula is C12H12INO3. The van der Waals surface area contributed by atoms with Crippen LogP contribution in [0.3, 0.4) is 0 Å². The Morgan fingerprint density at radius 2 is 2.00 bits per heavy atom. The summed E-state index contributed by atoms with van der Waals surface area (Å²) in [7, 11) is 0. The molecule has 2 rings (SSSR count). The lowest BCUT2D eigenvalue weighted by Gasteiger charge is -2.31. The third-order valence-electron chi connectivity index (χ3n) is 3.02. The van der Waals surface area contributed by atoms with Gasteiger partial charge in [-0.3, -0.25) is 9.59 Å². The first-order chi connectivity index (χ1) is 8.08. The van der Waals surface area contributed by atoms with Gasteiger partial charge in [-0.15, -0.1) is 0 Å². The monoisotopic (exact) mass is 345 g/mol. The fourth-order valence-corrected chi connectivity index (χ4v) is 2.45. The molecule has 2 unspecified atom stereocenters. The zero-order valence-corrected chi connectivity index (χ0v) is 11.2. The van der Waals surface area contributed by atoms with Crippen molar-refractivity contribution in [2.75, 3.05) is 5.32 Å². The predicted octanol–water partition coefficient (Wildman–Crippen LogP) is 2.34. The van der Waals surface area contributed by atoms with Crippen molar-refractivity contribution < 1.29 is 14.7 Å². The Labute approximate surface area is 113 Å². The SMILES string of the molecule is O=C(O)C1CCC1C(=O)Nc1cccc(I)c1. The number of carboxylic acids is 1. The van der Waals surface area contributed by atoms with Crippen molar-refractivity contribution in [3.63, 3.8) is 0 Å². The van der Waals surface area contributed by atoms with Crippen LogP contribution in [0.1, 0.15) is 12.8 Å². The van der Waals surface area contributed by atoms with E-state index in [4.69, 9.17) is 5.11 Å². The minimum atomic E-state index is -0.876. The van der Waals surface area contributed by atoms with Crippen LogP contribution in [0.25, 0.3) is 0 Å². The Hall–Kier alpha value is -1.11. The average Bonchev–Trinajstić information content (AvgIpc) is 2.13. The van der Waals surface area contributed by atoms with E-state index in [1.54, 1.807) is 6.07 Å². The van der Waals surface area contributed by atoms with Crippen LogP contribution in [-0.4, -0.2) is 17.0 Å². The third kappa shape index (κ3) is 2.77. The highest BCUT2D eigenvalue weighted by molar-refractivity contribution is 14.1. The molecule has 2 N–H and O–H groups in total. The lowest BCUT2D eigenvalue weighted by molar-refractivity contribution is -0.151. The molecule has 0 aromatic heterocycles. The molecule has 1 amide bonds. The van der Waals surface area contributed by atoms with Crippen LogP contribution in [-0.2, 0) is 9.59 Å². The van der Waals surface area contributed by atoms with Gasteiger partial charge in [-0.1, -0.05) is 6.07 Å².